The number of alkyl halides is 1. The van der Waals surface area contributed by atoms with E-state index >= 15 is 0 Å². The van der Waals surface area contributed by atoms with Gasteiger partial charge in [0.05, 0.1) is 6.54 Å². The monoisotopic (exact) mass is 275 g/mol. The van der Waals surface area contributed by atoms with Crippen LogP contribution >= 0.6 is 0 Å². The highest BCUT2D eigenvalue weighted by molar-refractivity contribution is 5.79. The number of carbonyl (C=O) groups excluding carboxylic acids is 1. The first-order valence-electron chi connectivity index (χ1n) is 6.25. The fourth-order valence-corrected chi connectivity index (χ4v) is 2.34. The molecule has 1 rings (SSSR count). The third-order valence-electron chi connectivity index (χ3n) is 2.85. The minimum Gasteiger partial charge on any atom is -0.479 e. The summed E-state index contributed by atoms with van der Waals surface area (Å²) in [6.07, 6.45) is -0.794. The van der Waals surface area contributed by atoms with Crippen LogP contribution < -0.4 is 0 Å². The number of aliphatic carboxylic acids is 1. The van der Waals surface area contributed by atoms with E-state index in [4.69, 9.17) is 9.84 Å². The summed E-state index contributed by atoms with van der Waals surface area (Å²) < 4.78 is 19.6. The Bertz CT molecular complexity index is 389. The predicted octanol–water partition coefficient (Wildman–Crippen LogP) is 2.45. The number of likely N-dealkylation sites (tertiary alicyclic amines) is 1. The number of rotatable bonds is 1. The summed E-state index contributed by atoms with van der Waals surface area (Å²) in [6.45, 7) is 8.41. The fraction of sp³-hybridized carbons (Fsp3) is 0.846. The highest BCUT2D eigenvalue weighted by Gasteiger charge is 2.51. The summed E-state index contributed by atoms with van der Waals surface area (Å²) in [6, 6.07) is 0. The van der Waals surface area contributed by atoms with Crippen molar-refractivity contribution in [3.05, 3.63) is 0 Å². The third-order valence-corrected chi connectivity index (χ3v) is 2.85. The lowest BCUT2D eigenvalue weighted by Crippen LogP contribution is -2.58. The molecule has 1 aliphatic rings. The molecule has 19 heavy (non-hydrogen) atoms. The van der Waals surface area contributed by atoms with Gasteiger partial charge in [-0.2, -0.15) is 0 Å². The standard InChI is InChI=1S/C13H22FNO4/c1-11(2,3)19-10(18)15-7-12(4,5)6-13(14,8-15)9(16)17/h6-8H2,1-5H3,(H,16,17). The zero-order chi connectivity index (χ0) is 15.1. The fourth-order valence-electron chi connectivity index (χ4n) is 2.34. The van der Waals surface area contributed by atoms with Crippen molar-refractivity contribution in [1.29, 1.82) is 0 Å². The smallest absolute Gasteiger partial charge is 0.410 e. The van der Waals surface area contributed by atoms with Gasteiger partial charge in [0.1, 0.15) is 5.60 Å². The summed E-state index contributed by atoms with van der Waals surface area (Å²) in [5.41, 5.74) is -3.72. The molecule has 0 aliphatic carbocycles. The molecule has 1 saturated heterocycles. The maximum absolute atomic E-state index is 14.4. The van der Waals surface area contributed by atoms with Gasteiger partial charge in [0.2, 0.25) is 5.67 Å². The van der Waals surface area contributed by atoms with Crippen LogP contribution in [0.4, 0.5) is 9.18 Å². The number of hydrogen-bond acceptors (Lipinski definition) is 3. The summed E-state index contributed by atoms with van der Waals surface area (Å²) in [4.78, 5) is 24.2. The van der Waals surface area contributed by atoms with Crippen molar-refractivity contribution >= 4 is 12.1 Å². The van der Waals surface area contributed by atoms with Crippen molar-refractivity contribution < 1.29 is 23.8 Å². The molecule has 0 saturated carbocycles. The zero-order valence-corrected chi connectivity index (χ0v) is 12.1. The maximum atomic E-state index is 14.4. The molecule has 6 heteroatoms. The van der Waals surface area contributed by atoms with E-state index in [1.165, 1.54) is 0 Å². The Morgan fingerprint density at radius 1 is 1.26 bits per heavy atom. The highest BCUT2D eigenvalue weighted by atomic mass is 19.1. The van der Waals surface area contributed by atoms with Crippen molar-refractivity contribution in [2.45, 2.75) is 52.3 Å². The Labute approximate surface area is 112 Å². The van der Waals surface area contributed by atoms with Crippen LogP contribution in [-0.2, 0) is 9.53 Å². The molecule has 0 aromatic heterocycles. The Morgan fingerprint density at radius 3 is 2.21 bits per heavy atom. The molecule has 110 valence electrons. The Kier molecular flexibility index (Phi) is 3.85. The van der Waals surface area contributed by atoms with Gasteiger partial charge >= 0.3 is 12.1 Å². The number of carboxylic acid groups (broad SMARTS) is 1. The summed E-state index contributed by atoms with van der Waals surface area (Å²) >= 11 is 0. The van der Waals surface area contributed by atoms with Crippen LogP contribution in [0.5, 0.6) is 0 Å². The summed E-state index contributed by atoms with van der Waals surface area (Å²) in [5, 5.41) is 9.01. The van der Waals surface area contributed by atoms with Crippen LogP contribution in [0.2, 0.25) is 0 Å². The summed E-state index contributed by atoms with van der Waals surface area (Å²) in [7, 11) is 0. The molecule has 1 amide bonds. The van der Waals surface area contributed by atoms with Gasteiger partial charge in [-0.15, -0.1) is 0 Å². The summed E-state index contributed by atoms with van der Waals surface area (Å²) in [5.74, 6) is -1.53. The first-order chi connectivity index (χ1) is 8.35. The van der Waals surface area contributed by atoms with Gasteiger partial charge in [-0.1, -0.05) is 13.8 Å². The minimum absolute atomic E-state index is 0.116. The molecule has 5 nitrogen and oxygen atoms in total. The highest BCUT2D eigenvalue weighted by Crippen LogP contribution is 2.37. The van der Waals surface area contributed by atoms with E-state index in [0.29, 0.717) is 0 Å². The predicted molar refractivity (Wildman–Crippen MR) is 67.7 cm³/mol. The maximum Gasteiger partial charge on any atom is 0.410 e. The van der Waals surface area contributed by atoms with Crippen LogP contribution in [0.15, 0.2) is 0 Å². The topological polar surface area (TPSA) is 66.8 Å². The lowest BCUT2D eigenvalue weighted by atomic mass is 9.77. The van der Waals surface area contributed by atoms with Crippen LogP contribution in [0, 0.1) is 5.41 Å². The number of hydrogen-bond donors (Lipinski definition) is 1. The molecule has 1 unspecified atom stereocenters. The third kappa shape index (κ3) is 4.08. The number of ether oxygens (including phenoxy) is 1. The Balaban J connectivity index is 2.91. The average molecular weight is 275 g/mol. The van der Waals surface area contributed by atoms with Gasteiger partial charge in [-0.25, -0.2) is 14.0 Å². The number of carboxylic acids is 1. The van der Waals surface area contributed by atoms with Crippen LogP contribution in [0.3, 0.4) is 0 Å². The largest absolute Gasteiger partial charge is 0.479 e. The van der Waals surface area contributed by atoms with Crippen molar-refractivity contribution in [2.75, 3.05) is 13.1 Å². The zero-order valence-electron chi connectivity index (χ0n) is 12.1. The minimum atomic E-state index is -2.42. The Morgan fingerprint density at radius 2 is 1.79 bits per heavy atom. The molecule has 0 aromatic rings. The van der Waals surface area contributed by atoms with Gasteiger partial charge in [0, 0.05) is 13.0 Å². The first kappa shape index (κ1) is 15.7. The number of amides is 1. The van der Waals surface area contributed by atoms with Crippen molar-refractivity contribution in [3.63, 3.8) is 0 Å². The molecular formula is C13H22FNO4. The van der Waals surface area contributed by atoms with E-state index in [9.17, 15) is 14.0 Å². The number of carbonyl (C=O) groups is 2. The van der Waals surface area contributed by atoms with Crippen molar-refractivity contribution in [2.24, 2.45) is 5.41 Å². The lowest BCUT2D eigenvalue weighted by molar-refractivity contribution is -0.158. The van der Waals surface area contributed by atoms with Crippen LogP contribution in [-0.4, -0.2) is 46.4 Å². The molecule has 1 N–H and O–H groups in total. The normalized spacial score (nSPS) is 26.9. The second kappa shape index (κ2) is 4.65. The number of nitrogens with zero attached hydrogens (tertiary/aromatic N) is 1. The quantitative estimate of drug-likeness (QED) is 0.798. The van der Waals surface area contributed by atoms with Gasteiger partial charge in [0.15, 0.2) is 0 Å². The molecule has 1 aliphatic heterocycles. The molecule has 0 spiro atoms. The van der Waals surface area contributed by atoms with Crippen molar-refractivity contribution in [1.82, 2.24) is 4.90 Å². The Hall–Kier alpha value is -1.33. The van der Waals surface area contributed by atoms with E-state index in [-0.39, 0.29) is 13.0 Å². The van der Waals surface area contributed by atoms with Crippen LogP contribution in [0.25, 0.3) is 0 Å². The molecule has 0 aromatic carbocycles. The van der Waals surface area contributed by atoms with Crippen molar-refractivity contribution in [3.8, 4) is 0 Å². The van der Waals surface area contributed by atoms with Gasteiger partial charge in [0.25, 0.3) is 0 Å². The molecule has 1 heterocycles. The molecule has 1 atom stereocenters. The SMILES string of the molecule is CC1(C)CN(C(=O)OC(C)(C)C)CC(F)(C(=O)O)C1. The van der Waals surface area contributed by atoms with Gasteiger partial charge in [-0.3, -0.25) is 0 Å². The second-order valence-corrected chi connectivity index (χ2v) is 6.95. The van der Waals surface area contributed by atoms with E-state index in [2.05, 4.69) is 0 Å². The number of piperidine rings is 1. The molecule has 0 bridgehead atoms. The van der Waals surface area contributed by atoms with E-state index < -0.39 is 35.3 Å². The van der Waals surface area contributed by atoms with E-state index in [0.717, 1.165) is 4.90 Å². The molecule has 0 radical (unpaired) electrons. The lowest BCUT2D eigenvalue weighted by Gasteiger charge is -2.43. The number of halogens is 1. The average Bonchev–Trinajstić information content (AvgIpc) is 2.11. The second-order valence-electron chi connectivity index (χ2n) is 6.95. The first-order valence-corrected chi connectivity index (χ1v) is 6.25. The van der Waals surface area contributed by atoms with Gasteiger partial charge < -0.3 is 14.7 Å². The van der Waals surface area contributed by atoms with E-state index in [1.54, 1.807) is 34.6 Å². The molecular weight excluding hydrogens is 253 g/mol. The molecule has 1 fully saturated rings. The van der Waals surface area contributed by atoms with Crippen LogP contribution in [0.1, 0.15) is 41.0 Å². The van der Waals surface area contributed by atoms with E-state index in [1.807, 2.05) is 0 Å². The van der Waals surface area contributed by atoms with Gasteiger partial charge in [-0.05, 0) is 26.2 Å².